The Kier molecular flexibility index (Phi) is 3.74. The molecular weight excluding hydrogens is 285 g/mol. The molecule has 2 aromatic rings. The van der Waals surface area contributed by atoms with Crippen LogP contribution < -0.4 is 4.74 Å². The summed E-state index contributed by atoms with van der Waals surface area (Å²) in [6.45, 7) is 2.32. The lowest BCUT2D eigenvalue weighted by molar-refractivity contribution is 0.276. The second kappa shape index (κ2) is 5.27. The van der Waals surface area contributed by atoms with E-state index in [0.29, 0.717) is 11.2 Å². The molecule has 0 saturated heterocycles. The summed E-state index contributed by atoms with van der Waals surface area (Å²) < 4.78 is 19.2. The van der Waals surface area contributed by atoms with Crippen LogP contribution in [0.2, 0.25) is 0 Å². The monoisotopic (exact) mass is 295 g/mol. The third-order valence-electron chi connectivity index (χ3n) is 2.28. The molecule has 0 aliphatic carbocycles. The molecule has 0 N–H and O–H groups in total. The zero-order valence-corrected chi connectivity index (χ0v) is 10.9. The third kappa shape index (κ3) is 3.27. The second-order valence-corrected chi connectivity index (χ2v) is 4.51. The Bertz CT molecular complexity index is 513. The predicted octanol–water partition coefficient (Wildman–Crippen LogP) is 3.87. The molecule has 0 aliphatic heterocycles. The van der Waals surface area contributed by atoms with Crippen LogP contribution in [0.25, 0.3) is 0 Å². The van der Waals surface area contributed by atoms with E-state index in [2.05, 4.69) is 20.9 Å². The van der Waals surface area contributed by atoms with Gasteiger partial charge in [0.2, 0.25) is 0 Å². The van der Waals surface area contributed by atoms with Gasteiger partial charge in [0.05, 0.1) is 0 Å². The predicted molar refractivity (Wildman–Crippen MR) is 67.4 cm³/mol. The minimum atomic E-state index is -0.458. The smallest absolute Gasteiger partial charge is 0.251 e. The molecule has 0 atom stereocenters. The highest BCUT2D eigenvalue weighted by Crippen LogP contribution is 2.18. The number of halogens is 2. The maximum atomic E-state index is 13.3. The van der Waals surface area contributed by atoms with Crippen molar-refractivity contribution < 1.29 is 9.13 Å². The summed E-state index contributed by atoms with van der Waals surface area (Å²) >= 11 is 3.17. The molecule has 4 heteroatoms. The summed E-state index contributed by atoms with van der Waals surface area (Å²) in [6.07, 6.45) is 0. The van der Waals surface area contributed by atoms with Crippen LogP contribution in [0.5, 0.6) is 5.88 Å². The molecule has 1 aromatic carbocycles. The second-order valence-electron chi connectivity index (χ2n) is 3.70. The fourth-order valence-corrected chi connectivity index (χ4v) is 1.63. The van der Waals surface area contributed by atoms with E-state index < -0.39 is 5.82 Å². The molecule has 0 bridgehead atoms. The molecular formula is C13H11BrFNO. The first-order chi connectivity index (χ1) is 8.15. The summed E-state index contributed by atoms with van der Waals surface area (Å²) in [7, 11) is 0. The minimum absolute atomic E-state index is 0.0138. The van der Waals surface area contributed by atoms with Crippen LogP contribution in [0.3, 0.4) is 0 Å². The van der Waals surface area contributed by atoms with Gasteiger partial charge in [-0.05, 0) is 40.5 Å². The highest BCUT2D eigenvalue weighted by atomic mass is 79.9. The zero-order chi connectivity index (χ0) is 12.3. The normalized spacial score (nSPS) is 10.3. The molecule has 2 nitrogen and oxygen atoms in total. The molecule has 17 heavy (non-hydrogen) atoms. The quantitative estimate of drug-likeness (QED) is 0.802. The highest BCUT2D eigenvalue weighted by molar-refractivity contribution is 9.10. The third-order valence-corrected chi connectivity index (χ3v) is 2.72. The Morgan fingerprint density at radius 2 is 1.88 bits per heavy atom. The summed E-state index contributed by atoms with van der Waals surface area (Å²) in [6, 6.07) is 10.7. The van der Waals surface area contributed by atoms with E-state index in [0.717, 1.165) is 5.56 Å². The number of rotatable bonds is 3. The van der Waals surface area contributed by atoms with Gasteiger partial charge >= 0.3 is 0 Å². The molecule has 1 heterocycles. The Morgan fingerprint density at radius 1 is 1.18 bits per heavy atom. The molecule has 1 aromatic heterocycles. The van der Waals surface area contributed by atoms with Gasteiger partial charge in [-0.1, -0.05) is 29.8 Å². The lowest BCUT2D eigenvalue weighted by atomic mass is 10.2. The Labute approximate surface area is 108 Å². The van der Waals surface area contributed by atoms with Gasteiger partial charge in [-0.2, -0.15) is 0 Å². The average molecular weight is 296 g/mol. The first-order valence-electron chi connectivity index (χ1n) is 5.15. The van der Waals surface area contributed by atoms with Crippen molar-refractivity contribution in [3.05, 3.63) is 57.9 Å². The molecule has 0 saturated carbocycles. The summed E-state index contributed by atoms with van der Waals surface area (Å²) in [5.41, 5.74) is 2.16. The van der Waals surface area contributed by atoms with E-state index in [1.807, 2.05) is 31.2 Å². The standard InChI is InChI=1S/C13H11BrFNO/c1-9-2-4-10(5-3-9)8-17-13-11(15)6-7-12(14)16-13/h2-7H,8H2,1H3. The van der Waals surface area contributed by atoms with E-state index in [1.165, 1.54) is 17.7 Å². The maximum absolute atomic E-state index is 13.3. The molecule has 2 rings (SSSR count). The van der Waals surface area contributed by atoms with Crippen molar-refractivity contribution in [2.75, 3.05) is 0 Å². The number of aromatic nitrogens is 1. The molecule has 0 spiro atoms. The van der Waals surface area contributed by atoms with E-state index in [1.54, 1.807) is 0 Å². The van der Waals surface area contributed by atoms with E-state index >= 15 is 0 Å². The lowest BCUT2D eigenvalue weighted by Crippen LogP contribution is -1.99. The first-order valence-corrected chi connectivity index (χ1v) is 5.95. The highest BCUT2D eigenvalue weighted by Gasteiger charge is 2.05. The van der Waals surface area contributed by atoms with Crippen molar-refractivity contribution in [1.29, 1.82) is 0 Å². The summed E-state index contributed by atoms with van der Waals surface area (Å²) in [5, 5.41) is 0. The van der Waals surface area contributed by atoms with Gasteiger partial charge in [-0.15, -0.1) is 0 Å². The number of hydrogen-bond acceptors (Lipinski definition) is 2. The number of pyridine rings is 1. The van der Waals surface area contributed by atoms with Crippen LogP contribution in [0.15, 0.2) is 41.0 Å². The topological polar surface area (TPSA) is 22.1 Å². The lowest BCUT2D eigenvalue weighted by Gasteiger charge is -2.06. The Hall–Kier alpha value is -1.42. The van der Waals surface area contributed by atoms with Crippen molar-refractivity contribution in [3.8, 4) is 5.88 Å². The number of benzene rings is 1. The number of ether oxygens (including phenoxy) is 1. The Morgan fingerprint density at radius 3 is 2.59 bits per heavy atom. The van der Waals surface area contributed by atoms with Crippen molar-refractivity contribution in [1.82, 2.24) is 4.98 Å². The molecule has 0 unspecified atom stereocenters. The van der Waals surface area contributed by atoms with E-state index in [-0.39, 0.29) is 5.88 Å². The van der Waals surface area contributed by atoms with Crippen molar-refractivity contribution in [2.45, 2.75) is 13.5 Å². The molecule has 88 valence electrons. The van der Waals surface area contributed by atoms with Crippen LogP contribution in [-0.4, -0.2) is 4.98 Å². The average Bonchev–Trinajstić information content (AvgIpc) is 2.32. The van der Waals surface area contributed by atoms with Crippen LogP contribution in [0.4, 0.5) is 4.39 Å². The fraction of sp³-hybridized carbons (Fsp3) is 0.154. The summed E-state index contributed by atoms with van der Waals surface area (Å²) in [4.78, 5) is 3.92. The largest absolute Gasteiger partial charge is 0.471 e. The van der Waals surface area contributed by atoms with Gasteiger partial charge in [0.15, 0.2) is 5.82 Å². The van der Waals surface area contributed by atoms with Crippen molar-refractivity contribution in [2.24, 2.45) is 0 Å². The fourth-order valence-electron chi connectivity index (χ4n) is 1.34. The van der Waals surface area contributed by atoms with Gasteiger partial charge in [0, 0.05) is 0 Å². The van der Waals surface area contributed by atoms with Crippen LogP contribution in [0, 0.1) is 12.7 Å². The SMILES string of the molecule is Cc1ccc(COc2nc(Br)ccc2F)cc1. The Balaban J connectivity index is 2.07. The number of nitrogens with zero attached hydrogens (tertiary/aromatic N) is 1. The summed E-state index contributed by atoms with van der Waals surface area (Å²) in [5.74, 6) is -0.444. The molecule has 0 aliphatic rings. The van der Waals surface area contributed by atoms with Gasteiger partial charge in [0.1, 0.15) is 11.2 Å². The number of aryl methyl sites for hydroxylation is 1. The molecule has 0 radical (unpaired) electrons. The van der Waals surface area contributed by atoms with Crippen molar-refractivity contribution >= 4 is 15.9 Å². The minimum Gasteiger partial charge on any atom is -0.471 e. The van der Waals surface area contributed by atoms with Gasteiger partial charge in [-0.3, -0.25) is 0 Å². The van der Waals surface area contributed by atoms with Gasteiger partial charge < -0.3 is 4.74 Å². The van der Waals surface area contributed by atoms with Crippen molar-refractivity contribution in [3.63, 3.8) is 0 Å². The van der Waals surface area contributed by atoms with Gasteiger partial charge in [0.25, 0.3) is 5.88 Å². The van der Waals surface area contributed by atoms with Crippen LogP contribution >= 0.6 is 15.9 Å². The molecule has 0 amide bonds. The zero-order valence-electron chi connectivity index (χ0n) is 9.28. The maximum Gasteiger partial charge on any atom is 0.251 e. The number of hydrogen-bond donors (Lipinski definition) is 0. The van der Waals surface area contributed by atoms with Gasteiger partial charge in [-0.25, -0.2) is 9.37 Å². The molecule has 0 fully saturated rings. The van der Waals surface area contributed by atoms with Crippen LogP contribution in [-0.2, 0) is 6.61 Å². The van der Waals surface area contributed by atoms with E-state index in [4.69, 9.17) is 4.74 Å². The van der Waals surface area contributed by atoms with Crippen LogP contribution in [0.1, 0.15) is 11.1 Å². The van der Waals surface area contributed by atoms with E-state index in [9.17, 15) is 4.39 Å². The first kappa shape index (κ1) is 12.0.